The number of ether oxygens (including phenoxy) is 1. The van der Waals surface area contributed by atoms with Gasteiger partial charge in [0.25, 0.3) is 0 Å². The fourth-order valence-electron chi connectivity index (χ4n) is 1.91. The Morgan fingerprint density at radius 2 is 2.15 bits per heavy atom. The zero-order chi connectivity index (χ0) is 14.5. The van der Waals surface area contributed by atoms with Gasteiger partial charge in [-0.15, -0.1) is 0 Å². The highest BCUT2D eigenvalue weighted by Crippen LogP contribution is 2.30. The summed E-state index contributed by atoms with van der Waals surface area (Å²) in [6, 6.07) is 5.75. The first-order chi connectivity index (χ1) is 9.65. The molecule has 20 heavy (non-hydrogen) atoms. The lowest BCUT2D eigenvalue weighted by atomic mass is 10.1. The number of methoxy groups -OCH3 is 1. The van der Waals surface area contributed by atoms with E-state index in [0.717, 1.165) is 40.1 Å². The van der Waals surface area contributed by atoms with Gasteiger partial charge in [-0.05, 0) is 40.5 Å². The van der Waals surface area contributed by atoms with E-state index in [1.165, 1.54) is 6.33 Å². The number of hydrogen-bond acceptors (Lipinski definition) is 5. The monoisotopic (exact) mass is 336 g/mol. The van der Waals surface area contributed by atoms with Crippen LogP contribution in [0.4, 0.5) is 17.3 Å². The third kappa shape index (κ3) is 3.19. The molecule has 1 aromatic carbocycles. The Morgan fingerprint density at radius 1 is 1.35 bits per heavy atom. The first-order valence-corrected chi connectivity index (χ1v) is 7.15. The van der Waals surface area contributed by atoms with E-state index in [4.69, 9.17) is 10.5 Å². The molecule has 0 saturated heterocycles. The number of anilines is 3. The molecule has 1 aromatic heterocycles. The molecule has 2 rings (SSSR count). The van der Waals surface area contributed by atoms with Gasteiger partial charge in [0.2, 0.25) is 0 Å². The van der Waals surface area contributed by atoms with Crippen molar-refractivity contribution < 1.29 is 4.74 Å². The van der Waals surface area contributed by atoms with Gasteiger partial charge in [-0.1, -0.05) is 13.3 Å². The molecule has 0 saturated carbocycles. The maximum Gasteiger partial charge on any atom is 0.139 e. The maximum atomic E-state index is 5.92. The van der Waals surface area contributed by atoms with Gasteiger partial charge in [0.1, 0.15) is 23.7 Å². The summed E-state index contributed by atoms with van der Waals surface area (Å²) in [5.74, 6) is 2.06. The summed E-state index contributed by atoms with van der Waals surface area (Å²) in [6.45, 7) is 2.10. The standard InChI is InChI=1S/C14H17BrN4O/c1-3-4-10-13(16)17-8-18-14(10)19-9-5-6-12(20-2)11(15)7-9/h5-8H,3-4H2,1-2H3,(H3,16,17,18,19). The van der Waals surface area contributed by atoms with Gasteiger partial charge in [0.15, 0.2) is 0 Å². The molecule has 0 aliphatic rings. The second kappa shape index (κ2) is 6.56. The Labute approximate surface area is 126 Å². The number of nitrogens with two attached hydrogens (primary N) is 1. The van der Waals surface area contributed by atoms with Gasteiger partial charge in [-0.25, -0.2) is 9.97 Å². The first kappa shape index (κ1) is 14.6. The Kier molecular flexibility index (Phi) is 4.79. The first-order valence-electron chi connectivity index (χ1n) is 6.35. The minimum Gasteiger partial charge on any atom is -0.496 e. The number of nitrogens with one attached hydrogen (secondary N) is 1. The highest BCUT2D eigenvalue weighted by Gasteiger charge is 2.09. The van der Waals surface area contributed by atoms with Crippen LogP contribution in [0.3, 0.4) is 0 Å². The molecule has 5 nitrogen and oxygen atoms in total. The molecule has 1 heterocycles. The van der Waals surface area contributed by atoms with Crippen molar-refractivity contribution in [1.29, 1.82) is 0 Å². The second-order valence-electron chi connectivity index (χ2n) is 4.31. The molecular weight excluding hydrogens is 320 g/mol. The third-order valence-electron chi connectivity index (χ3n) is 2.89. The quantitative estimate of drug-likeness (QED) is 0.873. The van der Waals surface area contributed by atoms with E-state index in [1.807, 2.05) is 18.2 Å². The molecule has 2 aromatic rings. The van der Waals surface area contributed by atoms with E-state index in [-0.39, 0.29) is 0 Å². The van der Waals surface area contributed by atoms with Gasteiger partial charge in [0, 0.05) is 11.3 Å². The predicted molar refractivity (Wildman–Crippen MR) is 84.4 cm³/mol. The summed E-state index contributed by atoms with van der Waals surface area (Å²) in [7, 11) is 1.64. The van der Waals surface area contributed by atoms with Crippen LogP contribution in [-0.4, -0.2) is 17.1 Å². The maximum absolute atomic E-state index is 5.92. The molecule has 0 aliphatic carbocycles. The van der Waals surface area contributed by atoms with E-state index in [1.54, 1.807) is 7.11 Å². The van der Waals surface area contributed by atoms with Crippen LogP contribution >= 0.6 is 15.9 Å². The van der Waals surface area contributed by atoms with E-state index < -0.39 is 0 Å². The molecule has 0 radical (unpaired) electrons. The molecule has 0 spiro atoms. The highest BCUT2D eigenvalue weighted by atomic mass is 79.9. The van der Waals surface area contributed by atoms with Gasteiger partial charge >= 0.3 is 0 Å². The van der Waals surface area contributed by atoms with Crippen molar-refractivity contribution in [2.45, 2.75) is 19.8 Å². The molecule has 6 heteroatoms. The molecular formula is C14H17BrN4O. The molecule has 0 fully saturated rings. The van der Waals surface area contributed by atoms with Crippen molar-refractivity contribution in [1.82, 2.24) is 9.97 Å². The largest absolute Gasteiger partial charge is 0.496 e. The number of nitrogens with zero attached hydrogens (tertiary/aromatic N) is 2. The second-order valence-corrected chi connectivity index (χ2v) is 5.16. The fourth-order valence-corrected chi connectivity index (χ4v) is 2.45. The average Bonchev–Trinajstić information content (AvgIpc) is 2.43. The van der Waals surface area contributed by atoms with Crippen LogP contribution in [0.5, 0.6) is 5.75 Å². The van der Waals surface area contributed by atoms with Gasteiger partial charge < -0.3 is 15.8 Å². The molecule has 3 N–H and O–H groups in total. The lowest BCUT2D eigenvalue weighted by Gasteiger charge is -2.13. The third-order valence-corrected chi connectivity index (χ3v) is 3.51. The summed E-state index contributed by atoms with van der Waals surface area (Å²) in [6.07, 6.45) is 3.29. The summed E-state index contributed by atoms with van der Waals surface area (Å²) in [5, 5.41) is 3.27. The van der Waals surface area contributed by atoms with Crippen molar-refractivity contribution in [3.63, 3.8) is 0 Å². The molecule has 0 bridgehead atoms. The topological polar surface area (TPSA) is 73.1 Å². The molecule has 0 unspecified atom stereocenters. The molecule has 106 valence electrons. The number of halogens is 1. The van der Waals surface area contributed by atoms with Crippen LogP contribution in [0.25, 0.3) is 0 Å². The number of benzene rings is 1. The van der Waals surface area contributed by atoms with E-state index >= 15 is 0 Å². The SMILES string of the molecule is CCCc1c(N)ncnc1Nc1ccc(OC)c(Br)c1. The van der Waals surface area contributed by atoms with Crippen LogP contribution in [0.2, 0.25) is 0 Å². The minimum atomic E-state index is 0.525. The molecule has 0 amide bonds. The van der Waals surface area contributed by atoms with Gasteiger partial charge in [0.05, 0.1) is 11.6 Å². The smallest absolute Gasteiger partial charge is 0.139 e. The Morgan fingerprint density at radius 3 is 2.80 bits per heavy atom. The number of aromatic nitrogens is 2. The average molecular weight is 337 g/mol. The normalized spacial score (nSPS) is 10.3. The molecule has 0 aliphatic heterocycles. The summed E-state index contributed by atoms with van der Waals surface area (Å²) < 4.78 is 6.09. The van der Waals surface area contributed by atoms with Crippen molar-refractivity contribution in [3.05, 3.63) is 34.6 Å². The number of nitrogen functional groups attached to an aromatic ring is 1. The highest BCUT2D eigenvalue weighted by molar-refractivity contribution is 9.10. The van der Waals surface area contributed by atoms with Crippen LogP contribution in [0.1, 0.15) is 18.9 Å². The van der Waals surface area contributed by atoms with Crippen molar-refractivity contribution in [3.8, 4) is 5.75 Å². The number of hydrogen-bond donors (Lipinski definition) is 2. The Balaban J connectivity index is 2.30. The zero-order valence-electron chi connectivity index (χ0n) is 11.5. The minimum absolute atomic E-state index is 0.525. The summed E-state index contributed by atoms with van der Waals surface area (Å²) in [4.78, 5) is 8.32. The lowest BCUT2D eigenvalue weighted by molar-refractivity contribution is 0.412. The Bertz CT molecular complexity index is 604. The summed E-state index contributed by atoms with van der Waals surface area (Å²) >= 11 is 3.46. The van der Waals surface area contributed by atoms with Crippen LogP contribution in [0.15, 0.2) is 29.0 Å². The van der Waals surface area contributed by atoms with E-state index in [0.29, 0.717) is 5.82 Å². The lowest BCUT2D eigenvalue weighted by Crippen LogP contribution is -2.05. The fraction of sp³-hybridized carbons (Fsp3) is 0.286. The number of rotatable bonds is 5. The van der Waals surface area contributed by atoms with Crippen molar-refractivity contribution in [2.24, 2.45) is 0 Å². The van der Waals surface area contributed by atoms with Gasteiger partial charge in [-0.2, -0.15) is 0 Å². The van der Waals surface area contributed by atoms with Gasteiger partial charge in [-0.3, -0.25) is 0 Å². The van der Waals surface area contributed by atoms with Crippen molar-refractivity contribution in [2.75, 3.05) is 18.2 Å². The molecule has 0 atom stereocenters. The van der Waals surface area contributed by atoms with Crippen LogP contribution in [0, 0.1) is 0 Å². The van der Waals surface area contributed by atoms with E-state index in [2.05, 4.69) is 38.1 Å². The Hall–Kier alpha value is -1.82. The predicted octanol–water partition coefficient (Wildman–Crippen LogP) is 3.53. The van der Waals surface area contributed by atoms with Crippen molar-refractivity contribution >= 4 is 33.3 Å². The van der Waals surface area contributed by atoms with E-state index in [9.17, 15) is 0 Å². The van der Waals surface area contributed by atoms with Crippen LogP contribution in [-0.2, 0) is 6.42 Å². The summed E-state index contributed by atoms with van der Waals surface area (Å²) in [5.41, 5.74) is 7.77. The zero-order valence-corrected chi connectivity index (χ0v) is 13.1. The van der Waals surface area contributed by atoms with Crippen LogP contribution < -0.4 is 15.8 Å².